The first kappa shape index (κ1) is 31.9. The minimum Gasteiger partial charge on any atom is -0.504 e. The number of carbonyl (C=O) groups is 2. The van der Waals surface area contributed by atoms with E-state index in [1.165, 1.54) is 31.4 Å². The molecule has 2 aromatic carbocycles. The number of hydrogen-bond donors (Lipinski definition) is 2. The van der Waals surface area contributed by atoms with Gasteiger partial charge in [0.25, 0.3) is 5.69 Å². The molecule has 1 aromatic heterocycles. The van der Waals surface area contributed by atoms with E-state index in [9.17, 15) is 29.8 Å². The van der Waals surface area contributed by atoms with Crippen molar-refractivity contribution in [1.29, 1.82) is 0 Å². The van der Waals surface area contributed by atoms with Crippen LogP contribution in [0, 0.1) is 31.4 Å². The lowest BCUT2D eigenvalue weighted by Gasteiger charge is -2.42. The number of carbonyl (C=O) groups excluding carboxylic acids is 2. The number of nitrogens with zero attached hydrogens (tertiary/aromatic N) is 3. The number of nitro benzene ring substituents is 1. The predicted octanol–water partition coefficient (Wildman–Crippen LogP) is 5.65. The van der Waals surface area contributed by atoms with E-state index in [2.05, 4.69) is 27.6 Å². The lowest BCUT2D eigenvalue weighted by atomic mass is 9.58. The third-order valence-electron chi connectivity index (χ3n) is 9.03. The molecule has 236 valence electrons. The number of aromatic hydroxyl groups is 1. The van der Waals surface area contributed by atoms with Crippen molar-refractivity contribution in [2.75, 3.05) is 12.0 Å². The van der Waals surface area contributed by atoms with E-state index < -0.39 is 41.8 Å². The van der Waals surface area contributed by atoms with Crippen molar-refractivity contribution in [3.8, 4) is 11.5 Å². The lowest BCUT2D eigenvalue weighted by Crippen LogP contribution is -2.46. The van der Waals surface area contributed by atoms with Gasteiger partial charge in [0.05, 0.1) is 44.9 Å². The van der Waals surface area contributed by atoms with Crippen LogP contribution in [0.5, 0.6) is 11.5 Å². The molecule has 4 atom stereocenters. The Bertz CT molecular complexity index is 1780. The van der Waals surface area contributed by atoms with Gasteiger partial charge in [-0.25, -0.2) is 4.90 Å². The monoisotopic (exact) mass is 735 g/mol. The van der Waals surface area contributed by atoms with Gasteiger partial charge in [0.15, 0.2) is 11.5 Å². The third-order valence-corrected chi connectivity index (χ3v) is 9.85. The summed E-state index contributed by atoms with van der Waals surface area (Å²) in [6, 6.07) is 14.8. The Kier molecular flexibility index (Phi) is 8.99. The van der Waals surface area contributed by atoms with Gasteiger partial charge >= 0.3 is 7.12 Å². The molecule has 3 aromatic rings. The Labute approximate surface area is 279 Å². The van der Waals surface area contributed by atoms with Crippen molar-refractivity contribution in [2.24, 2.45) is 17.8 Å². The molecule has 46 heavy (non-hydrogen) atoms. The number of benzene rings is 2. The number of hydrogen-bond acceptors (Lipinski definition) is 9. The molecule has 3 heterocycles. The van der Waals surface area contributed by atoms with Crippen LogP contribution in [0.15, 0.2) is 71.9 Å². The summed E-state index contributed by atoms with van der Waals surface area (Å²) in [7, 11) is 0.363. The number of nitro groups is 1. The third kappa shape index (κ3) is 5.94. The van der Waals surface area contributed by atoms with Crippen LogP contribution in [0.4, 0.5) is 11.4 Å². The number of pyridine rings is 1. The van der Waals surface area contributed by atoms with Crippen LogP contribution >= 0.6 is 22.6 Å². The Balaban J connectivity index is 1.30. The molecule has 2 saturated heterocycles. The van der Waals surface area contributed by atoms with E-state index in [4.69, 9.17) is 9.39 Å². The van der Waals surface area contributed by atoms with Crippen molar-refractivity contribution < 1.29 is 34.0 Å². The Morgan fingerprint density at radius 1 is 1.20 bits per heavy atom. The van der Waals surface area contributed by atoms with Crippen LogP contribution < -0.4 is 9.64 Å². The highest BCUT2D eigenvalue weighted by Crippen LogP contribution is 2.51. The number of fused-ring (bicyclic) bond motifs is 3. The molecule has 13 heteroatoms. The molecule has 2 amide bonds. The summed E-state index contributed by atoms with van der Waals surface area (Å²) in [5.74, 6) is -2.12. The number of amides is 2. The van der Waals surface area contributed by atoms with Gasteiger partial charge < -0.3 is 19.5 Å². The number of methoxy groups -OCH3 is 1. The van der Waals surface area contributed by atoms with Gasteiger partial charge in [-0.05, 0) is 114 Å². The maximum atomic E-state index is 13.9. The van der Waals surface area contributed by atoms with Crippen LogP contribution in [-0.2, 0) is 14.2 Å². The molecule has 3 aliphatic rings. The number of ether oxygens (including phenoxy) is 1. The maximum absolute atomic E-state index is 13.9. The molecule has 0 bridgehead atoms. The van der Waals surface area contributed by atoms with Crippen molar-refractivity contribution >= 4 is 64.5 Å². The second-order valence-electron chi connectivity index (χ2n) is 11.8. The van der Waals surface area contributed by atoms with Gasteiger partial charge in [-0.15, -0.1) is 0 Å². The number of non-ortho nitro benzene ring substituents is 1. The second-order valence-corrected chi connectivity index (χ2v) is 12.9. The van der Waals surface area contributed by atoms with Gasteiger partial charge in [0.1, 0.15) is 0 Å². The normalized spacial score (nSPS) is 23.0. The molecule has 11 nitrogen and oxygen atoms in total. The molecule has 0 spiro atoms. The van der Waals surface area contributed by atoms with Crippen molar-refractivity contribution in [3.63, 3.8) is 0 Å². The second kappa shape index (κ2) is 13.0. The molecule has 6 rings (SSSR count). The van der Waals surface area contributed by atoms with Crippen molar-refractivity contribution in [2.45, 2.75) is 38.6 Å². The summed E-state index contributed by atoms with van der Waals surface area (Å²) in [5, 5.41) is 32.6. The first-order chi connectivity index (χ1) is 22.1. The van der Waals surface area contributed by atoms with Crippen LogP contribution in [0.2, 0.25) is 6.32 Å². The number of phenolic OH excluding ortho intramolecular Hbond substituents is 1. The van der Waals surface area contributed by atoms with Crippen LogP contribution in [-0.4, -0.2) is 52.2 Å². The van der Waals surface area contributed by atoms with E-state index in [0.717, 1.165) is 32.9 Å². The first-order valence-corrected chi connectivity index (χ1v) is 16.0. The summed E-state index contributed by atoms with van der Waals surface area (Å²) in [4.78, 5) is 44.0. The zero-order valence-corrected chi connectivity index (χ0v) is 27.3. The predicted molar refractivity (Wildman–Crippen MR) is 180 cm³/mol. The zero-order chi connectivity index (χ0) is 32.7. The van der Waals surface area contributed by atoms with E-state index >= 15 is 0 Å². The SMILES string of the molecule is COc1cc(/C=C(/CC[C@H]2OB(O)C[C@H]3C2=C(C)C[C@H]2C(=O)N(c4cccc([N+](=O)[O-])c4)C(=O)[C@H]23)c2ccccn2)cc(I)c1O. The first-order valence-electron chi connectivity index (χ1n) is 14.9. The van der Waals surface area contributed by atoms with Crippen LogP contribution in [0.25, 0.3) is 11.6 Å². The fourth-order valence-corrected chi connectivity index (χ4v) is 7.69. The average Bonchev–Trinajstić information content (AvgIpc) is 3.29. The van der Waals surface area contributed by atoms with E-state index in [0.29, 0.717) is 28.6 Å². The molecule has 1 aliphatic carbocycles. The molecule has 2 N–H and O–H groups in total. The van der Waals surface area contributed by atoms with E-state index in [1.807, 2.05) is 37.3 Å². The largest absolute Gasteiger partial charge is 0.504 e. The molecule has 0 saturated carbocycles. The minimum absolute atomic E-state index is 0.0669. The highest BCUT2D eigenvalue weighted by molar-refractivity contribution is 14.1. The molecule has 2 fully saturated rings. The number of anilines is 1. The Hall–Kier alpha value is -4.08. The van der Waals surface area contributed by atoms with Gasteiger partial charge in [0.2, 0.25) is 11.8 Å². The number of aromatic nitrogens is 1. The molecular formula is C33H31BIN3O8. The molecular weight excluding hydrogens is 704 g/mol. The topological polar surface area (TPSA) is 152 Å². The summed E-state index contributed by atoms with van der Waals surface area (Å²) >= 11 is 2.05. The van der Waals surface area contributed by atoms with Crippen LogP contribution in [0.1, 0.15) is 37.4 Å². The Morgan fingerprint density at radius 3 is 2.72 bits per heavy atom. The standard InChI is InChI=1S/C33H31BIN3O8/c1-18-12-23-30(33(41)37(32(23)40)21-6-5-7-22(16-21)38(43)44)24-17-34(42)46-27(29(18)24)10-9-20(26-8-3-4-11-36-26)13-19-14-25(35)31(39)28(15-19)45-2/h3-8,11,13-16,23-24,27,30,39,42H,9-10,12,17H2,1-2H3/b20-13-/t23-,24+,27-,30-/m1/s1. The number of phenols is 1. The number of imide groups is 1. The minimum atomic E-state index is -1.13. The van der Waals surface area contributed by atoms with Crippen molar-refractivity contribution in [1.82, 2.24) is 4.98 Å². The van der Waals surface area contributed by atoms with Gasteiger partial charge in [-0.3, -0.25) is 24.7 Å². The smallest absolute Gasteiger partial charge is 0.455 e. The molecule has 0 radical (unpaired) electrons. The number of rotatable bonds is 8. The maximum Gasteiger partial charge on any atom is 0.455 e. The van der Waals surface area contributed by atoms with Gasteiger partial charge in [-0.1, -0.05) is 17.7 Å². The highest BCUT2D eigenvalue weighted by atomic mass is 127. The summed E-state index contributed by atoms with van der Waals surface area (Å²) in [6.07, 6.45) is 4.70. The zero-order valence-electron chi connectivity index (χ0n) is 25.1. The molecule has 2 aliphatic heterocycles. The lowest BCUT2D eigenvalue weighted by molar-refractivity contribution is -0.384. The van der Waals surface area contributed by atoms with E-state index in [1.54, 1.807) is 12.3 Å². The summed E-state index contributed by atoms with van der Waals surface area (Å²) < 4.78 is 12.1. The molecule has 0 unspecified atom stereocenters. The number of halogens is 1. The summed E-state index contributed by atoms with van der Waals surface area (Å²) in [5.41, 5.74) is 4.32. The van der Waals surface area contributed by atoms with E-state index in [-0.39, 0.29) is 29.4 Å². The fourth-order valence-electron chi connectivity index (χ4n) is 7.07. The van der Waals surface area contributed by atoms with Gasteiger partial charge in [-0.2, -0.15) is 0 Å². The number of allylic oxidation sites excluding steroid dienone is 2. The van der Waals surface area contributed by atoms with Crippen molar-refractivity contribution in [3.05, 3.63) is 96.9 Å². The van der Waals surface area contributed by atoms with Gasteiger partial charge in [0, 0.05) is 18.3 Å². The summed E-state index contributed by atoms with van der Waals surface area (Å²) in [6.45, 7) is 1.94. The van der Waals surface area contributed by atoms with Crippen LogP contribution in [0.3, 0.4) is 0 Å². The quantitative estimate of drug-likeness (QED) is 0.0747. The highest BCUT2D eigenvalue weighted by Gasteiger charge is 2.57. The Morgan fingerprint density at radius 2 is 2.00 bits per heavy atom. The average molecular weight is 735 g/mol. The fraction of sp³-hybridized carbons (Fsp3) is 0.303.